The number of para-hydroxylation sites is 1. The molecule has 0 saturated heterocycles. The SMILES string of the molecule is CCCCCCCCCCCCc1cc(-c2sc(-c3sc(-c4sc(-c5ccc6c(c5)c5ccccc5n6CC)cc4CCCCCCCCCCCC)cc3CCCCCCCCCCCC)cc2CCCCCCCCCCCC)sc1/C=C(/C#N)C(=O)O. The van der Waals surface area contributed by atoms with Gasteiger partial charge in [-0.15, -0.1) is 45.3 Å². The Kier molecular flexibility index (Phi) is 34.8. The summed E-state index contributed by atoms with van der Waals surface area (Å²) < 4.78 is 2.48. The molecular weight excluding hydrogens is 1170 g/mol. The maximum atomic E-state index is 12.4. The number of thiophene rings is 4. The first-order valence-corrected chi connectivity index (χ1v) is 40.5. The van der Waals surface area contributed by atoms with Crippen LogP contribution in [0.2, 0.25) is 0 Å². The number of carboxylic acids is 1. The van der Waals surface area contributed by atoms with E-state index >= 15 is 0 Å². The third-order valence-corrected chi connectivity index (χ3v) is 24.4. The van der Waals surface area contributed by atoms with Crippen LogP contribution in [-0.2, 0) is 37.0 Å². The molecule has 492 valence electrons. The first-order valence-electron chi connectivity index (χ1n) is 37.2. The van der Waals surface area contributed by atoms with Gasteiger partial charge in [0, 0.05) is 67.4 Å². The van der Waals surface area contributed by atoms with Crippen LogP contribution in [0.15, 0.2) is 72.3 Å². The van der Waals surface area contributed by atoms with Crippen LogP contribution in [0.4, 0.5) is 0 Å². The van der Waals surface area contributed by atoms with E-state index < -0.39 is 5.97 Å². The molecule has 0 saturated carbocycles. The molecule has 7 aromatic rings. The lowest BCUT2D eigenvalue weighted by Gasteiger charge is -2.04. The van der Waals surface area contributed by atoms with Gasteiger partial charge in [-0.2, -0.15) is 5.26 Å². The zero-order valence-corrected chi connectivity index (χ0v) is 60.4. The van der Waals surface area contributed by atoms with Crippen molar-refractivity contribution in [1.29, 1.82) is 5.26 Å². The van der Waals surface area contributed by atoms with E-state index in [9.17, 15) is 15.2 Å². The molecule has 90 heavy (non-hydrogen) atoms. The number of aryl methyl sites for hydroxylation is 5. The number of aliphatic carboxylic acids is 1. The highest BCUT2D eigenvalue weighted by Gasteiger charge is 2.24. The Balaban J connectivity index is 1.24. The molecule has 0 spiro atoms. The largest absolute Gasteiger partial charge is 0.477 e. The van der Waals surface area contributed by atoms with Crippen molar-refractivity contribution >= 4 is 79.2 Å². The molecule has 0 radical (unpaired) electrons. The second-order valence-electron chi connectivity index (χ2n) is 26.6. The first kappa shape index (κ1) is 73.2. The molecule has 1 N–H and O–H groups in total. The van der Waals surface area contributed by atoms with E-state index in [1.54, 1.807) is 17.4 Å². The topological polar surface area (TPSA) is 66.0 Å². The third kappa shape index (κ3) is 23.6. The second kappa shape index (κ2) is 42.9. The van der Waals surface area contributed by atoms with Gasteiger partial charge in [-0.1, -0.05) is 283 Å². The van der Waals surface area contributed by atoms with Crippen molar-refractivity contribution in [1.82, 2.24) is 4.57 Å². The summed E-state index contributed by atoms with van der Waals surface area (Å²) in [4.78, 5) is 23.1. The Morgan fingerprint density at radius 2 is 0.733 bits per heavy atom. The molecule has 7 rings (SSSR count). The molecule has 0 aliphatic heterocycles. The van der Waals surface area contributed by atoms with Crippen molar-refractivity contribution in [2.24, 2.45) is 0 Å². The molecule has 5 heterocycles. The smallest absolute Gasteiger partial charge is 0.346 e. The number of fused-ring (bicyclic) bond motifs is 3. The number of aromatic nitrogens is 1. The number of nitriles is 1. The van der Waals surface area contributed by atoms with Gasteiger partial charge >= 0.3 is 5.97 Å². The molecule has 8 heteroatoms. The van der Waals surface area contributed by atoms with E-state index in [0.717, 1.165) is 43.5 Å². The lowest BCUT2D eigenvalue weighted by Crippen LogP contribution is -1.97. The fourth-order valence-corrected chi connectivity index (χ4v) is 18.9. The quantitative estimate of drug-likeness (QED) is 0.0235. The molecule has 0 aliphatic carbocycles. The number of nitrogens with zero attached hydrogens (tertiary/aromatic N) is 2. The van der Waals surface area contributed by atoms with Gasteiger partial charge in [0.2, 0.25) is 0 Å². The highest BCUT2D eigenvalue weighted by atomic mass is 32.1. The van der Waals surface area contributed by atoms with Gasteiger partial charge in [-0.3, -0.25) is 0 Å². The van der Waals surface area contributed by atoms with Crippen molar-refractivity contribution in [3.05, 3.63) is 99.4 Å². The van der Waals surface area contributed by atoms with Crippen LogP contribution in [-0.4, -0.2) is 15.6 Å². The number of benzene rings is 2. The summed E-state index contributed by atoms with van der Waals surface area (Å²) in [5.41, 5.74) is 9.45. The highest BCUT2D eigenvalue weighted by molar-refractivity contribution is 7.29. The maximum absolute atomic E-state index is 12.4. The van der Waals surface area contributed by atoms with Gasteiger partial charge in [0.05, 0.1) is 0 Å². The average molecular weight is 1290 g/mol. The Bertz CT molecular complexity index is 3200. The summed E-state index contributed by atoms with van der Waals surface area (Å²) in [6.45, 7) is 12.4. The van der Waals surface area contributed by atoms with Gasteiger partial charge in [-0.05, 0) is 135 Å². The van der Waals surface area contributed by atoms with Crippen LogP contribution < -0.4 is 0 Å². The number of carboxylic acid groups (broad SMARTS) is 1. The van der Waals surface area contributed by atoms with Crippen molar-refractivity contribution in [2.45, 2.75) is 324 Å². The molecule has 5 aromatic heterocycles. The second-order valence-corrected chi connectivity index (χ2v) is 30.8. The number of carbonyl (C=O) groups is 1. The molecule has 2 aromatic carbocycles. The lowest BCUT2D eigenvalue weighted by molar-refractivity contribution is -0.132. The van der Waals surface area contributed by atoms with E-state index in [4.69, 9.17) is 0 Å². The zero-order chi connectivity index (χ0) is 63.4. The monoisotopic (exact) mass is 1290 g/mol. The number of unbranched alkanes of at least 4 members (excludes halogenated alkanes) is 36. The standard InChI is InChI=1S/C82H118N2O2S4/c1-6-11-15-19-23-27-31-35-39-43-49-64-58-76(87-74(64)62-69(63-83)82(85)86)79-67(51-45-41-37-33-29-25-21-17-13-8-3)60-78(89-79)81-68(52-46-42-38-34-30-26-22-18-14-9-4)61-77(90-81)80-66(50-44-40-36-32-28-24-20-16-12-7-2)59-75(88-80)65-55-56-73-71(57-65)70-53-47-48-54-72(70)84(73)10-5/h47-48,53-62H,6-46,49-52H2,1-5H3,(H,85,86)/b69-62-. The van der Waals surface area contributed by atoms with Crippen LogP contribution >= 0.6 is 45.3 Å². The van der Waals surface area contributed by atoms with Gasteiger partial charge in [0.25, 0.3) is 0 Å². The van der Waals surface area contributed by atoms with Crippen LogP contribution in [0.5, 0.6) is 0 Å². The number of hydrogen-bond donors (Lipinski definition) is 1. The van der Waals surface area contributed by atoms with Crippen LogP contribution in [0.3, 0.4) is 0 Å². The average Bonchev–Trinajstić information content (AvgIpc) is 1.65. The minimum atomic E-state index is -1.15. The maximum Gasteiger partial charge on any atom is 0.346 e. The Morgan fingerprint density at radius 3 is 1.12 bits per heavy atom. The van der Waals surface area contributed by atoms with E-state index in [1.807, 2.05) is 28.7 Å². The zero-order valence-electron chi connectivity index (χ0n) is 57.1. The summed E-state index contributed by atoms with van der Waals surface area (Å²) in [6, 6.07) is 28.5. The van der Waals surface area contributed by atoms with Crippen molar-refractivity contribution in [3.8, 4) is 45.8 Å². The molecule has 4 nitrogen and oxygen atoms in total. The third-order valence-electron chi connectivity index (χ3n) is 19.1. The molecule has 0 fully saturated rings. The van der Waals surface area contributed by atoms with Crippen LogP contribution in [0.1, 0.15) is 319 Å². The fourth-order valence-electron chi connectivity index (χ4n) is 13.7. The minimum Gasteiger partial charge on any atom is -0.477 e. The summed E-state index contributed by atoms with van der Waals surface area (Å²) in [6.07, 6.45) is 58.5. The predicted octanol–water partition coefficient (Wildman–Crippen LogP) is 28.6. The molecule has 0 amide bonds. The minimum absolute atomic E-state index is 0.179. The normalized spacial score (nSPS) is 12.0. The summed E-state index contributed by atoms with van der Waals surface area (Å²) in [5, 5.41) is 22.9. The molecule has 0 bridgehead atoms. The van der Waals surface area contributed by atoms with Gasteiger partial charge in [-0.25, -0.2) is 4.79 Å². The highest BCUT2D eigenvalue weighted by Crippen LogP contribution is 2.50. The predicted molar refractivity (Wildman–Crippen MR) is 402 cm³/mol. The lowest BCUT2D eigenvalue weighted by atomic mass is 10.0. The van der Waals surface area contributed by atoms with Crippen LogP contribution in [0, 0.1) is 11.3 Å². The Morgan fingerprint density at radius 1 is 0.400 bits per heavy atom. The Hall–Kier alpha value is -4.26. The molecular formula is C82H118N2O2S4. The van der Waals surface area contributed by atoms with Crippen molar-refractivity contribution in [2.75, 3.05) is 0 Å². The first-order chi connectivity index (χ1) is 44.3. The van der Waals surface area contributed by atoms with Crippen molar-refractivity contribution < 1.29 is 9.90 Å². The van der Waals surface area contributed by atoms with Gasteiger partial charge in [0.15, 0.2) is 0 Å². The number of hydrogen-bond acceptors (Lipinski definition) is 6. The number of rotatable bonds is 51. The van der Waals surface area contributed by atoms with Crippen molar-refractivity contribution in [3.63, 3.8) is 0 Å². The Labute approximate surface area is 563 Å². The summed E-state index contributed by atoms with van der Waals surface area (Å²) >= 11 is 7.79. The summed E-state index contributed by atoms with van der Waals surface area (Å²) in [7, 11) is 0. The fraction of sp³-hybridized carbons (Fsp3) is 0.610. The molecule has 0 atom stereocenters. The van der Waals surface area contributed by atoms with Gasteiger partial charge < -0.3 is 9.67 Å². The van der Waals surface area contributed by atoms with E-state index in [0.29, 0.717) is 0 Å². The molecule has 0 unspecified atom stereocenters. The van der Waals surface area contributed by atoms with E-state index in [1.165, 1.54) is 334 Å². The molecule has 0 aliphatic rings. The van der Waals surface area contributed by atoms with Crippen LogP contribution in [0.25, 0.3) is 67.6 Å². The summed E-state index contributed by atoms with van der Waals surface area (Å²) in [5.74, 6) is -1.15. The van der Waals surface area contributed by atoms with E-state index in [2.05, 4.69) is 117 Å². The van der Waals surface area contributed by atoms with E-state index in [-0.39, 0.29) is 5.57 Å². The van der Waals surface area contributed by atoms with Gasteiger partial charge in [0.1, 0.15) is 11.6 Å².